The number of nitrogens with zero attached hydrogens (tertiary/aromatic N) is 2. The highest BCUT2D eigenvalue weighted by Gasteiger charge is 2.46. The van der Waals surface area contributed by atoms with E-state index in [1.165, 1.54) is 6.20 Å². The molecule has 3 atom stereocenters. The second-order valence-electron chi connectivity index (χ2n) is 5.03. The predicted octanol–water partition coefficient (Wildman–Crippen LogP) is 1.39. The van der Waals surface area contributed by atoms with Crippen LogP contribution in [0.15, 0.2) is 16.7 Å². The van der Waals surface area contributed by atoms with E-state index in [0.29, 0.717) is 23.6 Å². The van der Waals surface area contributed by atoms with E-state index in [2.05, 4.69) is 25.8 Å². The van der Waals surface area contributed by atoms with E-state index in [1.807, 2.05) is 0 Å². The molecule has 0 aliphatic carbocycles. The average Bonchev–Trinajstić information content (AvgIpc) is 3.00. The van der Waals surface area contributed by atoms with Gasteiger partial charge in [0.1, 0.15) is 5.82 Å². The van der Waals surface area contributed by atoms with Crippen molar-refractivity contribution in [3.8, 4) is 0 Å². The van der Waals surface area contributed by atoms with Crippen LogP contribution in [-0.2, 0) is 9.47 Å². The summed E-state index contributed by atoms with van der Waals surface area (Å²) >= 11 is 3.42. The summed E-state index contributed by atoms with van der Waals surface area (Å²) in [5.41, 5.74) is 0.169. The molecule has 20 heavy (non-hydrogen) atoms. The number of aromatic carboxylic acids is 1. The lowest BCUT2D eigenvalue weighted by Gasteiger charge is -2.24. The molecule has 1 N–H and O–H groups in total. The minimum Gasteiger partial charge on any atom is -0.478 e. The molecule has 0 unspecified atom stereocenters. The summed E-state index contributed by atoms with van der Waals surface area (Å²) < 4.78 is 11.7. The Morgan fingerprint density at radius 2 is 2.40 bits per heavy atom. The number of carboxylic acid groups (broad SMARTS) is 1. The largest absolute Gasteiger partial charge is 0.478 e. The fourth-order valence-corrected chi connectivity index (χ4v) is 3.53. The third-order valence-electron chi connectivity index (χ3n) is 3.99. The topological polar surface area (TPSA) is 71.9 Å². The van der Waals surface area contributed by atoms with Crippen molar-refractivity contribution in [2.45, 2.75) is 12.1 Å². The van der Waals surface area contributed by atoms with Crippen LogP contribution in [0.3, 0.4) is 0 Å². The van der Waals surface area contributed by atoms with Gasteiger partial charge in [-0.3, -0.25) is 0 Å². The SMILES string of the molecule is CO[C@@H]1CN(c2ncc(C(=O)O)cc2Br)[C@H]2COC[C@@H]12. The van der Waals surface area contributed by atoms with Crippen LogP contribution in [-0.4, -0.2) is 55.1 Å². The highest BCUT2D eigenvalue weighted by atomic mass is 79.9. The molecule has 3 heterocycles. The number of pyridine rings is 1. The van der Waals surface area contributed by atoms with Crippen molar-refractivity contribution in [2.24, 2.45) is 5.92 Å². The van der Waals surface area contributed by atoms with Crippen LogP contribution in [0.5, 0.6) is 0 Å². The quantitative estimate of drug-likeness (QED) is 0.894. The van der Waals surface area contributed by atoms with E-state index in [9.17, 15) is 4.79 Å². The van der Waals surface area contributed by atoms with Crippen molar-refractivity contribution in [1.29, 1.82) is 0 Å². The fraction of sp³-hybridized carbons (Fsp3) is 0.538. The lowest BCUT2D eigenvalue weighted by molar-refractivity contribution is 0.0647. The van der Waals surface area contributed by atoms with Crippen LogP contribution >= 0.6 is 15.9 Å². The molecule has 108 valence electrons. The van der Waals surface area contributed by atoms with E-state index >= 15 is 0 Å². The first kappa shape index (κ1) is 13.8. The van der Waals surface area contributed by atoms with Gasteiger partial charge in [-0.2, -0.15) is 0 Å². The number of rotatable bonds is 3. The minimum absolute atomic E-state index is 0.121. The van der Waals surface area contributed by atoms with Crippen molar-refractivity contribution in [1.82, 2.24) is 4.98 Å². The number of ether oxygens (including phenoxy) is 2. The van der Waals surface area contributed by atoms with Crippen LogP contribution in [0.2, 0.25) is 0 Å². The Morgan fingerprint density at radius 1 is 1.60 bits per heavy atom. The summed E-state index contributed by atoms with van der Waals surface area (Å²) in [5.74, 6) is 0.103. The number of carbonyl (C=O) groups is 1. The molecule has 0 bridgehead atoms. The van der Waals surface area contributed by atoms with Gasteiger partial charge in [0.2, 0.25) is 0 Å². The molecule has 7 heteroatoms. The van der Waals surface area contributed by atoms with Crippen LogP contribution in [0.25, 0.3) is 0 Å². The van der Waals surface area contributed by atoms with Gasteiger partial charge in [-0.15, -0.1) is 0 Å². The number of aromatic nitrogens is 1. The number of anilines is 1. The van der Waals surface area contributed by atoms with Crippen molar-refractivity contribution in [2.75, 3.05) is 31.8 Å². The third kappa shape index (κ3) is 2.19. The van der Waals surface area contributed by atoms with E-state index < -0.39 is 5.97 Å². The van der Waals surface area contributed by atoms with Crippen LogP contribution in [0.1, 0.15) is 10.4 Å². The molecule has 3 rings (SSSR count). The molecule has 6 nitrogen and oxygen atoms in total. The van der Waals surface area contributed by atoms with Crippen molar-refractivity contribution < 1.29 is 19.4 Å². The van der Waals surface area contributed by atoms with Gasteiger partial charge in [-0.25, -0.2) is 9.78 Å². The maximum Gasteiger partial charge on any atom is 0.337 e. The predicted molar refractivity (Wildman–Crippen MR) is 75.1 cm³/mol. The molecule has 0 amide bonds. The third-order valence-corrected chi connectivity index (χ3v) is 4.57. The normalized spacial score (nSPS) is 28.7. The Hall–Kier alpha value is -1.18. The molecule has 0 spiro atoms. The van der Waals surface area contributed by atoms with Crippen molar-refractivity contribution >= 4 is 27.7 Å². The summed E-state index contributed by atoms with van der Waals surface area (Å²) in [6.45, 7) is 2.09. The summed E-state index contributed by atoms with van der Waals surface area (Å²) in [7, 11) is 1.71. The summed E-state index contributed by atoms with van der Waals surface area (Å²) in [6, 6.07) is 1.81. The zero-order valence-corrected chi connectivity index (χ0v) is 12.5. The number of halogens is 1. The maximum atomic E-state index is 11.0. The second-order valence-corrected chi connectivity index (χ2v) is 5.88. The van der Waals surface area contributed by atoms with E-state index in [-0.39, 0.29) is 17.7 Å². The molecule has 2 aliphatic heterocycles. The summed E-state index contributed by atoms with van der Waals surface area (Å²) in [5, 5.41) is 8.98. The second kappa shape index (κ2) is 5.31. The highest BCUT2D eigenvalue weighted by molar-refractivity contribution is 9.10. The van der Waals surface area contributed by atoms with Gasteiger partial charge in [0.25, 0.3) is 0 Å². The molecule has 2 saturated heterocycles. The average molecular weight is 343 g/mol. The van der Waals surface area contributed by atoms with Gasteiger partial charge in [0.15, 0.2) is 0 Å². The zero-order chi connectivity index (χ0) is 14.3. The van der Waals surface area contributed by atoms with Crippen molar-refractivity contribution in [3.63, 3.8) is 0 Å². The first-order valence-corrected chi connectivity index (χ1v) is 7.17. The first-order chi connectivity index (χ1) is 9.61. The molecule has 2 aliphatic rings. The summed E-state index contributed by atoms with van der Waals surface area (Å²) in [4.78, 5) is 17.4. The number of hydrogen-bond donors (Lipinski definition) is 1. The van der Waals surface area contributed by atoms with E-state index in [1.54, 1.807) is 13.2 Å². The Balaban J connectivity index is 1.91. The standard InChI is InChI=1S/C13H15BrN2O4/c1-19-11-4-16(10-6-20-5-8(10)11)12-9(14)2-7(3-15-12)13(17)18/h2-3,8,10-11H,4-6H2,1H3,(H,17,18)/t8-,10+,11-/m1/s1. The Bertz CT molecular complexity index is 539. The van der Waals surface area contributed by atoms with Gasteiger partial charge in [-0.05, 0) is 22.0 Å². The number of methoxy groups -OCH3 is 1. The van der Waals surface area contributed by atoms with Gasteiger partial charge >= 0.3 is 5.97 Å². The summed E-state index contributed by atoms with van der Waals surface area (Å²) in [6.07, 6.45) is 1.50. The molecular weight excluding hydrogens is 328 g/mol. The molecule has 0 aromatic carbocycles. The van der Waals surface area contributed by atoms with Gasteiger partial charge < -0.3 is 19.5 Å². The van der Waals surface area contributed by atoms with E-state index in [4.69, 9.17) is 14.6 Å². The molecule has 1 aromatic rings. The molecule has 0 saturated carbocycles. The Labute approximate surface area is 124 Å². The first-order valence-electron chi connectivity index (χ1n) is 6.38. The molecular formula is C13H15BrN2O4. The fourth-order valence-electron chi connectivity index (χ4n) is 2.95. The Kier molecular flexibility index (Phi) is 3.66. The van der Waals surface area contributed by atoms with Crippen molar-refractivity contribution in [3.05, 3.63) is 22.3 Å². The molecule has 2 fully saturated rings. The number of fused-ring (bicyclic) bond motifs is 1. The van der Waals surface area contributed by atoms with Gasteiger partial charge in [0.05, 0.1) is 35.4 Å². The number of carboxylic acids is 1. The van der Waals surface area contributed by atoms with Crippen LogP contribution < -0.4 is 4.90 Å². The molecule has 0 radical (unpaired) electrons. The molecule has 1 aromatic heterocycles. The van der Waals surface area contributed by atoms with Crippen LogP contribution in [0, 0.1) is 5.92 Å². The maximum absolute atomic E-state index is 11.0. The highest BCUT2D eigenvalue weighted by Crippen LogP contribution is 2.37. The smallest absolute Gasteiger partial charge is 0.337 e. The minimum atomic E-state index is -0.983. The van der Waals surface area contributed by atoms with E-state index in [0.717, 1.165) is 12.4 Å². The van der Waals surface area contributed by atoms with Crippen LogP contribution in [0.4, 0.5) is 5.82 Å². The Morgan fingerprint density at radius 3 is 3.05 bits per heavy atom. The monoisotopic (exact) mass is 342 g/mol. The number of hydrogen-bond acceptors (Lipinski definition) is 5. The van der Waals surface area contributed by atoms with Gasteiger partial charge in [0, 0.05) is 25.8 Å². The lowest BCUT2D eigenvalue weighted by Crippen LogP contribution is -2.33. The van der Waals surface area contributed by atoms with Gasteiger partial charge in [-0.1, -0.05) is 0 Å². The lowest BCUT2D eigenvalue weighted by atomic mass is 10.0. The zero-order valence-electron chi connectivity index (χ0n) is 11.0.